The number of carbonyl (C=O) groups is 4. The van der Waals surface area contributed by atoms with Crippen LogP contribution in [-0.2, 0) is 28.5 Å². The van der Waals surface area contributed by atoms with Crippen LogP contribution in [0.4, 0.5) is 32.3 Å². The minimum atomic E-state index is -1.39. The van der Waals surface area contributed by atoms with Gasteiger partial charge in [0.25, 0.3) is 11.4 Å². The van der Waals surface area contributed by atoms with Gasteiger partial charge in [-0.1, -0.05) is 0 Å². The number of carbonyl (C=O) groups excluding carboxylic acids is 4. The standard InChI is InChI=1S/2C21H31N5O6/c2*1-19(2,3)31-17(27)21(25-24-18(28)32-20(4,5)6)13-7-8-16(21)23-22-14-9-11-15(12-10-14)26(29)30/h2*9-12,22,25H,7-8,13H2,1-6H3,(H,24,28)/b2*23-16+/t2*21-/m10/s1. The molecule has 4 rings (SSSR count). The van der Waals surface area contributed by atoms with Crippen LogP contribution in [0.1, 0.15) is 122 Å². The topological polar surface area (TPSA) is 288 Å². The first-order valence-corrected chi connectivity index (χ1v) is 20.6. The molecule has 2 amide bonds. The van der Waals surface area contributed by atoms with E-state index in [1.807, 2.05) is 0 Å². The Hall–Kier alpha value is -6.42. The van der Waals surface area contributed by atoms with Crippen LogP contribution in [0.5, 0.6) is 0 Å². The quantitative estimate of drug-likeness (QED) is 0.0527. The molecule has 2 saturated carbocycles. The SMILES string of the molecule is CC(C)(C)OC(=O)NN[C@@]1(C(=O)OC(C)(C)C)CCC/C1=N\Nc1ccc([N+](=O)[O-])cc1.CC(C)(C)OC(=O)NN[C@]1(C(=O)OC(C)(C)C)CCC/C1=N\Nc1ccc([N+](=O)[O-])cc1. The fourth-order valence-electron chi connectivity index (χ4n) is 6.10. The van der Waals surface area contributed by atoms with Crippen LogP contribution >= 0.6 is 0 Å². The molecule has 2 aromatic rings. The highest BCUT2D eigenvalue weighted by Gasteiger charge is 2.51. The second-order valence-corrected chi connectivity index (χ2v) is 19.0. The Labute approximate surface area is 372 Å². The second-order valence-electron chi connectivity index (χ2n) is 19.0. The summed E-state index contributed by atoms with van der Waals surface area (Å²) in [6, 6.07) is 11.4. The Morgan fingerprint density at radius 2 is 0.828 bits per heavy atom. The molecule has 64 heavy (non-hydrogen) atoms. The normalized spacial score (nSPS) is 20.0. The molecule has 0 saturated heterocycles. The van der Waals surface area contributed by atoms with Crippen LogP contribution in [-0.4, -0.2) is 78.9 Å². The number of esters is 2. The van der Waals surface area contributed by atoms with Gasteiger partial charge >= 0.3 is 24.1 Å². The maximum atomic E-state index is 13.2. The number of nitro groups is 2. The molecular weight excluding hydrogens is 837 g/mol. The summed E-state index contributed by atoms with van der Waals surface area (Å²) in [4.78, 5) is 71.3. The molecule has 0 aromatic heterocycles. The Kier molecular flexibility index (Phi) is 16.9. The van der Waals surface area contributed by atoms with Gasteiger partial charge in [0, 0.05) is 24.3 Å². The highest BCUT2D eigenvalue weighted by atomic mass is 16.6. The van der Waals surface area contributed by atoms with Crippen molar-refractivity contribution in [2.45, 2.75) is 155 Å². The number of non-ortho nitro benzene ring substituents is 2. The molecule has 2 aliphatic rings. The molecule has 2 aromatic carbocycles. The summed E-state index contributed by atoms with van der Waals surface area (Å²) >= 11 is 0. The molecule has 0 heterocycles. The highest BCUT2D eigenvalue weighted by Crippen LogP contribution is 2.32. The minimum Gasteiger partial charge on any atom is -0.458 e. The van der Waals surface area contributed by atoms with Crippen LogP contribution in [0.3, 0.4) is 0 Å². The molecule has 22 nitrogen and oxygen atoms in total. The number of hydrogen-bond acceptors (Lipinski definition) is 18. The smallest absolute Gasteiger partial charge is 0.422 e. The molecular formula is C42H62N10O12. The summed E-state index contributed by atoms with van der Waals surface area (Å²) < 4.78 is 21.7. The number of nitrogens with zero attached hydrogens (tertiary/aromatic N) is 4. The Bertz CT molecular complexity index is 1920. The lowest BCUT2D eigenvalue weighted by Crippen LogP contribution is -2.63. The number of nitrogens with one attached hydrogen (secondary N) is 6. The van der Waals surface area contributed by atoms with Crippen molar-refractivity contribution in [2.75, 3.05) is 10.9 Å². The van der Waals surface area contributed by atoms with E-state index in [0.717, 1.165) is 0 Å². The lowest BCUT2D eigenvalue weighted by Gasteiger charge is -2.32. The predicted octanol–water partition coefficient (Wildman–Crippen LogP) is 7.31. The number of hydrazine groups is 2. The number of hydrazone groups is 2. The van der Waals surface area contributed by atoms with Crippen molar-refractivity contribution in [3.8, 4) is 0 Å². The predicted molar refractivity (Wildman–Crippen MR) is 238 cm³/mol. The van der Waals surface area contributed by atoms with Gasteiger partial charge in [-0.2, -0.15) is 10.2 Å². The molecule has 6 N–H and O–H groups in total. The first-order chi connectivity index (χ1) is 29.4. The first kappa shape index (κ1) is 51.9. The number of amides is 2. The van der Waals surface area contributed by atoms with Gasteiger partial charge in [-0.3, -0.25) is 41.9 Å². The van der Waals surface area contributed by atoms with Gasteiger partial charge in [-0.15, -0.1) is 0 Å². The third-order valence-electron chi connectivity index (χ3n) is 8.76. The number of hydrogen-bond donors (Lipinski definition) is 6. The summed E-state index contributed by atoms with van der Waals surface area (Å²) in [6.45, 7) is 20.9. The molecule has 352 valence electrons. The van der Waals surface area contributed by atoms with E-state index in [2.05, 4.69) is 42.8 Å². The fourth-order valence-corrected chi connectivity index (χ4v) is 6.10. The van der Waals surface area contributed by atoms with Crippen LogP contribution in [0, 0.1) is 20.2 Å². The zero-order valence-corrected chi connectivity index (χ0v) is 38.5. The van der Waals surface area contributed by atoms with Crippen LogP contribution < -0.4 is 32.6 Å². The van der Waals surface area contributed by atoms with Crippen molar-refractivity contribution >= 4 is 58.3 Å². The number of nitro benzene ring substituents is 2. The summed E-state index contributed by atoms with van der Waals surface area (Å²) in [7, 11) is 0. The summed E-state index contributed by atoms with van der Waals surface area (Å²) in [6.07, 6.45) is 1.41. The molecule has 0 unspecified atom stereocenters. The Morgan fingerprint density at radius 3 is 1.09 bits per heavy atom. The van der Waals surface area contributed by atoms with Crippen molar-refractivity contribution in [1.29, 1.82) is 0 Å². The van der Waals surface area contributed by atoms with E-state index in [9.17, 15) is 39.4 Å². The molecule has 2 atom stereocenters. The van der Waals surface area contributed by atoms with Crippen LogP contribution in [0.2, 0.25) is 0 Å². The van der Waals surface area contributed by atoms with Crippen LogP contribution in [0.15, 0.2) is 58.7 Å². The summed E-state index contributed by atoms with van der Waals surface area (Å²) in [5.41, 5.74) is 12.2. The number of anilines is 2. The van der Waals surface area contributed by atoms with Gasteiger partial charge in [0.2, 0.25) is 0 Å². The van der Waals surface area contributed by atoms with E-state index in [1.54, 1.807) is 83.1 Å². The minimum absolute atomic E-state index is 0.0459. The van der Waals surface area contributed by atoms with Gasteiger partial charge in [-0.25, -0.2) is 30.0 Å². The van der Waals surface area contributed by atoms with Crippen molar-refractivity contribution in [3.05, 3.63) is 68.8 Å². The van der Waals surface area contributed by atoms with E-state index in [0.29, 0.717) is 61.3 Å². The number of benzene rings is 2. The average Bonchev–Trinajstić information content (AvgIpc) is 3.77. The third kappa shape index (κ3) is 16.0. The summed E-state index contributed by atoms with van der Waals surface area (Å²) in [5.74, 6) is -1.16. The van der Waals surface area contributed by atoms with Crippen molar-refractivity contribution in [1.82, 2.24) is 21.7 Å². The molecule has 0 radical (unpaired) electrons. The van der Waals surface area contributed by atoms with Crippen LogP contribution in [0.25, 0.3) is 0 Å². The van der Waals surface area contributed by atoms with E-state index < -0.39 is 67.5 Å². The lowest BCUT2D eigenvalue weighted by atomic mass is 9.96. The van der Waals surface area contributed by atoms with Gasteiger partial charge in [-0.05, 0) is 146 Å². The van der Waals surface area contributed by atoms with Gasteiger partial charge in [0.05, 0.1) is 32.6 Å². The Balaban J connectivity index is 0.000000340. The average molecular weight is 899 g/mol. The molecule has 0 bridgehead atoms. The van der Waals surface area contributed by atoms with Crippen molar-refractivity contribution in [2.24, 2.45) is 10.2 Å². The second kappa shape index (κ2) is 20.8. The molecule has 2 aliphatic carbocycles. The maximum Gasteiger partial charge on any atom is 0.422 e. The maximum absolute atomic E-state index is 13.2. The van der Waals surface area contributed by atoms with E-state index in [4.69, 9.17) is 18.9 Å². The van der Waals surface area contributed by atoms with Gasteiger partial charge in [0.15, 0.2) is 11.1 Å². The third-order valence-corrected chi connectivity index (χ3v) is 8.76. The molecule has 2 fully saturated rings. The number of rotatable bonds is 12. The van der Waals surface area contributed by atoms with Gasteiger partial charge in [0.1, 0.15) is 22.4 Å². The number of ether oxygens (including phenoxy) is 4. The first-order valence-electron chi connectivity index (χ1n) is 20.6. The largest absolute Gasteiger partial charge is 0.458 e. The van der Waals surface area contributed by atoms with Gasteiger partial charge < -0.3 is 18.9 Å². The van der Waals surface area contributed by atoms with E-state index in [1.165, 1.54) is 48.5 Å². The zero-order chi connectivity index (χ0) is 48.3. The van der Waals surface area contributed by atoms with Crippen molar-refractivity contribution in [3.63, 3.8) is 0 Å². The zero-order valence-electron chi connectivity index (χ0n) is 38.5. The fraction of sp³-hybridized carbons (Fsp3) is 0.571. The molecule has 22 heteroatoms. The monoisotopic (exact) mass is 898 g/mol. The lowest BCUT2D eigenvalue weighted by molar-refractivity contribution is -0.385. The molecule has 0 aliphatic heterocycles. The Morgan fingerprint density at radius 1 is 0.531 bits per heavy atom. The highest BCUT2D eigenvalue weighted by molar-refractivity contribution is 6.14. The van der Waals surface area contributed by atoms with E-state index in [-0.39, 0.29) is 11.4 Å². The van der Waals surface area contributed by atoms with Crippen molar-refractivity contribution < 1.29 is 48.0 Å². The molecule has 0 spiro atoms. The summed E-state index contributed by atoms with van der Waals surface area (Å²) in [5, 5.41) is 30.4. The van der Waals surface area contributed by atoms with E-state index >= 15 is 0 Å².